The molecule has 1 aromatic carbocycles. The minimum atomic E-state index is -0.0534. The molecule has 1 aliphatic rings. The molecule has 0 bridgehead atoms. The predicted molar refractivity (Wildman–Crippen MR) is 96.5 cm³/mol. The molecule has 3 rings (SSSR count). The topological polar surface area (TPSA) is 56.4 Å². The van der Waals surface area contributed by atoms with Gasteiger partial charge in [-0.3, -0.25) is 14.5 Å². The smallest absolute Gasteiger partial charge is 0.253 e. The zero-order chi connectivity index (χ0) is 17.6. The third kappa shape index (κ3) is 3.98. The van der Waals surface area contributed by atoms with Crippen molar-refractivity contribution in [2.45, 2.75) is 6.42 Å². The van der Waals surface area contributed by atoms with Crippen LogP contribution in [0.2, 0.25) is 0 Å². The van der Waals surface area contributed by atoms with Crippen molar-refractivity contribution >= 4 is 11.7 Å². The van der Waals surface area contributed by atoms with E-state index in [1.165, 1.54) is 0 Å². The van der Waals surface area contributed by atoms with Crippen LogP contribution in [0.4, 0.5) is 0 Å². The quantitative estimate of drug-likeness (QED) is 0.672. The van der Waals surface area contributed by atoms with E-state index >= 15 is 0 Å². The second kappa shape index (κ2) is 7.82. The van der Waals surface area contributed by atoms with Crippen LogP contribution in [0.15, 0.2) is 42.7 Å². The fourth-order valence-electron chi connectivity index (χ4n) is 2.98. The van der Waals surface area contributed by atoms with Crippen LogP contribution in [-0.2, 0) is 0 Å². The van der Waals surface area contributed by atoms with E-state index in [1.807, 2.05) is 4.90 Å². The number of terminal acetylenes is 1. The van der Waals surface area contributed by atoms with Crippen molar-refractivity contribution in [2.24, 2.45) is 0 Å². The zero-order valence-electron chi connectivity index (χ0n) is 14.1. The van der Waals surface area contributed by atoms with E-state index in [2.05, 4.69) is 15.8 Å². The molecular weight excluding hydrogens is 314 g/mol. The molecule has 0 unspecified atom stereocenters. The van der Waals surface area contributed by atoms with Crippen molar-refractivity contribution < 1.29 is 9.59 Å². The highest BCUT2D eigenvalue weighted by Crippen LogP contribution is 2.13. The van der Waals surface area contributed by atoms with E-state index in [9.17, 15) is 9.59 Å². The summed E-state index contributed by atoms with van der Waals surface area (Å²) in [7, 11) is 0. The average molecular weight is 335 g/mol. The van der Waals surface area contributed by atoms with Crippen molar-refractivity contribution in [3.05, 3.63) is 59.4 Å². The Labute approximate surface area is 147 Å². The maximum atomic E-state index is 12.6. The van der Waals surface area contributed by atoms with Gasteiger partial charge < -0.3 is 9.88 Å². The van der Waals surface area contributed by atoms with Gasteiger partial charge in [-0.1, -0.05) is 12.1 Å². The van der Waals surface area contributed by atoms with Crippen LogP contribution in [0.1, 0.15) is 32.7 Å². The van der Waals surface area contributed by atoms with E-state index in [4.69, 9.17) is 6.42 Å². The molecule has 25 heavy (non-hydrogen) atoms. The van der Waals surface area contributed by atoms with E-state index in [0.29, 0.717) is 29.8 Å². The number of rotatable bonds is 5. The predicted octanol–water partition coefficient (Wildman–Crippen LogP) is 2.03. The third-order valence-electron chi connectivity index (χ3n) is 4.49. The standard InChI is InChI=1S/C20H21N3O2/c1-2-3-10-22-11-13-23(14-12-22)20(25)17-6-4-16(5-7-17)19(24)18-8-9-21-15-18/h1,4-9,15,21H,3,10-14H2. The van der Waals surface area contributed by atoms with Crippen LogP contribution in [0.25, 0.3) is 0 Å². The van der Waals surface area contributed by atoms with Crippen LogP contribution in [0.3, 0.4) is 0 Å². The fraction of sp³-hybridized carbons (Fsp3) is 0.300. The monoisotopic (exact) mass is 335 g/mol. The van der Waals surface area contributed by atoms with Gasteiger partial charge in [0.1, 0.15) is 0 Å². The van der Waals surface area contributed by atoms with Gasteiger partial charge in [-0.25, -0.2) is 0 Å². The molecule has 128 valence electrons. The molecule has 1 aliphatic heterocycles. The van der Waals surface area contributed by atoms with Gasteiger partial charge in [0.15, 0.2) is 5.78 Å². The first-order valence-corrected chi connectivity index (χ1v) is 8.41. The molecule has 0 aliphatic carbocycles. The summed E-state index contributed by atoms with van der Waals surface area (Å²) in [4.78, 5) is 31.9. The zero-order valence-corrected chi connectivity index (χ0v) is 14.1. The Kier molecular flexibility index (Phi) is 5.32. The first kappa shape index (κ1) is 17.0. The van der Waals surface area contributed by atoms with Crippen molar-refractivity contribution in [1.82, 2.24) is 14.8 Å². The van der Waals surface area contributed by atoms with Gasteiger partial charge in [0, 0.05) is 68.2 Å². The molecule has 0 saturated carbocycles. The number of amides is 1. The van der Waals surface area contributed by atoms with E-state index in [1.54, 1.807) is 42.7 Å². The first-order chi connectivity index (χ1) is 12.2. The number of carbonyl (C=O) groups excluding carboxylic acids is 2. The Morgan fingerprint density at radius 3 is 2.28 bits per heavy atom. The number of nitrogens with zero attached hydrogens (tertiary/aromatic N) is 2. The summed E-state index contributed by atoms with van der Waals surface area (Å²) in [6.45, 7) is 3.98. The van der Waals surface area contributed by atoms with Crippen LogP contribution in [0, 0.1) is 12.3 Å². The van der Waals surface area contributed by atoms with Crippen molar-refractivity contribution in [3.63, 3.8) is 0 Å². The van der Waals surface area contributed by atoms with Crippen LogP contribution < -0.4 is 0 Å². The fourth-order valence-corrected chi connectivity index (χ4v) is 2.98. The summed E-state index contributed by atoms with van der Waals surface area (Å²) in [5.74, 6) is 2.61. The van der Waals surface area contributed by atoms with Crippen molar-refractivity contribution in [2.75, 3.05) is 32.7 Å². The van der Waals surface area contributed by atoms with Crippen LogP contribution >= 0.6 is 0 Å². The Morgan fingerprint density at radius 1 is 1.00 bits per heavy atom. The number of H-pyrrole nitrogens is 1. The summed E-state index contributed by atoms with van der Waals surface area (Å²) in [6, 6.07) is 8.62. The van der Waals surface area contributed by atoms with Gasteiger partial charge in [-0.2, -0.15) is 0 Å². The van der Waals surface area contributed by atoms with Gasteiger partial charge in [-0.05, 0) is 18.2 Å². The molecule has 2 aromatic rings. The molecule has 0 spiro atoms. The minimum Gasteiger partial charge on any atom is -0.367 e. The van der Waals surface area contributed by atoms with E-state index in [0.717, 1.165) is 26.1 Å². The summed E-state index contributed by atoms with van der Waals surface area (Å²) in [6.07, 6.45) is 9.42. The average Bonchev–Trinajstić information content (AvgIpc) is 3.20. The molecule has 1 amide bonds. The Hall–Kier alpha value is -2.84. The molecule has 1 aromatic heterocycles. The maximum absolute atomic E-state index is 12.6. The highest BCUT2D eigenvalue weighted by Gasteiger charge is 2.22. The van der Waals surface area contributed by atoms with Gasteiger partial charge in [0.2, 0.25) is 0 Å². The second-order valence-electron chi connectivity index (χ2n) is 6.09. The van der Waals surface area contributed by atoms with E-state index < -0.39 is 0 Å². The van der Waals surface area contributed by atoms with Crippen molar-refractivity contribution in [1.29, 1.82) is 0 Å². The number of hydrogen-bond donors (Lipinski definition) is 1. The highest BCUT2D eigenvalue weighted by molar-refractivity contribution is 6.09. The second-order valence-corrected chi connectivity index (χ2v) is 6.09. The van der Waals surface area contributed by atoms with E-state index in [-0.39, 0.29) is 11.7 Å². The van der Waals surface area contributed by atoms with Gasteiger partial charge in [-0.15, -0.1) is 12.3 Å². The SMILES string of the molecule is C#CCCN1CCN(C(=O)c2ccc(C(=O)c3cc[nH]c3)cc2)CC1. The molecular formula is C20H21N3O2. The highest BCUT2D eigenvalue weighted by atomic mass is 16.2. The summed E-state index contributed by atoms with van der Waals surface area (Å²) in [5.41, 5.74) is 1.81. The van der Waals surface area contributed by atoms with Crippen molar-refractivity contribution in [3.8, 4) is 12.3 Å². The Bertz CT molecular complexity index is 764. The summed E-state index contributed by atoms with van der Waals surface area (Å²) in [5, 5.41) is 0. The molecule has 2 heterocycles. The summed E-state index contributed by atoms with van der Waals surface area (Å²) >= 11 is 0. The Morgan fingerprint density at radius 2 is 1.68 bits per heavy atom. The lowest BCUT2D eigenvalue weighted by Gasteiger charge is -2.34. The molecule has 0 atom stereocenters. The lowest BCUT2D eigenvalue weighted by Crippen LogP contribution is -2.48. The first-order valence-electron chi connectivity index (χ1n) is 8.41. The summed E-state index contributed by atoms with van der Waals surface area (Å²) < 4.78 is 0. The molecule has 1 N–H and O–H groups in total. The van der Waals surface area contributed by atoms with Gasteiger partial charge in [0.05, 0.1) is 0 Å². The number of benzene rings is 1. The Balaban J connectivity index is 1.60. The lowest BCUT2D eigenvalue weighted by molar-refractivity contribution is 0.0639. The lowest BCUT2D eigenvalue weighted by atomic mass is 10.0. The van der Waals surface area contributed by atoms with Gasteiger partial charge in [0.25, 0.3) is 5.91 Å². The number of aromatic amines is 1. The largest absolute Gasteiger partial charge is 0.367 e. The number of piperazine rings is 1. The molecule has 1 fully saturated rings. The van der Waals surface area contributed by atoms with Crippen LogP contribution in [-0.4, -0.2) is 59.2 Å². The number of aromatic nitrogens is 1. The number of nitrogens with one attached hydrogen (secondary N) is 1. The number of hydrogen-bond acceptors (Lipinski definition) is 3. The molecule has 0 radical (unpaired) electrons. The van der Waals surface area contributed by atoms with Crippen LogP contribution in [0.5, 0.6) is 0 Å². The molecule has 5 nitrogen and oxygen atoms in total. The molecule has 5 heteroatoms. The van der Waals surface area contributed by atoms with Gasteiger partial charge >= 0.3 is 0 Å². The number of ketones is 1. The number of carbonyl (C=O) groups is 2. The minimum absolute atomic E-state index is 0.0113. The third-order valence-corrected chi connectivity index (χ3v) is 4.49. The normalized spacial score (nSPS) is 14.9. The maximum Gasteiger partial charge on any atom is 0.253 e. The molecule has 1 saturated heterocycles.